The van der Waals surface area contributed by atoms with E-state index >= 15 is 0 Å². The fraction of sp³-hybridized carbons (Fsp3) is 0.200. The standard InChI is InChI=1S/C15H16N2O2/c1-11(12-6-3-4-7-12)17-16-10-13-8-5-9-14(19-2)15(13)18/h3,5-10,18H,4H2,1-2H3/b16-10+,17-11+. The Morgan fingerprint density at radius 1 is 1.42 bits per heavy atom. The Hall–Kier alpha value is -2.36. The van der Waals surface area contributed by atoms with Crippen LogP contribution in [0.2, 0.25) is 0 Å². The Kier molecular flexibility index (Phi) is 4.13. The molecule has 0 unspecified atom stereocenters. The van der Waals surface area contributed by atoms with E-state index in [1.54, 1.807) is 18.2 Å². The summed E-state index contributed by atoms with van der Waals surface area (Å²) in [6.45, 7) is 1.91. The molecule has 4 nitrogen and oxygen atoms in total. The van der Waals surface area contributed by atoms with Crippen LogP contribution in [0.15, 0.2) is 52.2 Å². The van der Waals surface area contributed by atoms with E-state index in [0.29, 0.717) is 11.3 Å². The summed E-state index contributed by atoms with van der Waals surface area (Å²) in [5.41, 5.74) is 2.52. The van der Waals surface area contributed by atoms with Gasteiger partial charge in [-0.3, -0.25) is 0 Å². The summed E-state index contributed by atoms with van der Waals surface area (Å²) in [6.07, 6.45) is 8.66. The van der Waals surface area contributed by atoms with E-state index in [2.05, 4.69) is 22.4 Å². The van der Waals surface area contributed by atoms with Crippen LogP contribution in [0.1, 0.15) is 18.9 Å². The summed E-state index contributed by atoms with van der Waals surface area (Å²) in [6, 6.07) is 5.23. The molecule has 2 rings (SSSR count). The van der Waals surface area contributed by atoms with Gasteiger partial charge in [0.05, 0.1) is 19.0 Å². The van der Waals surface area contributed by atoms with Crippen LogP contribution in [0.3, 0.4) is 0 Å². The van der Waals surface area contributed by atoms with Gasteiger partial charge >= 0.3 is 0 Å². The molecule has 0 amide bonds. The number of para-hydroxylation sites is 1. The number of nitrogens with zero attached hydrogens (tertiary/aromatic N) is 2. The monoisotopic (exact) mass is 256 g/mol. The lowest BCUT2D eigenvalue weighted by Gasteiger charge is -2.04. The SMILES string of the molecule is COc1cccc(/C=N/N=C(\C)C2=CCC=C2)c1O. The zero-order valence-electron chi connectivity index (χ0n) is 11.0. The van der Waals surface area contributed by atoms with Crippen LogP contribution in [0, 0.1) is 0 Å². The Bertz CT molecular complexity index is 584. The van der Waals surface area contributed by atoms with Crippen molar-refractivity contribution in [2.45, 2.75) is 13.3 Å². The molecule has 0 atom stereocenters. The molecular formula is C15H16N2O2. The molecule has 4 heteroatoms. The highest BCUT2D eigenvalue weighted by molar-refractivity contribution is 6.01. The molecule has 0 saturated heterocycles. The molecule has 0 heterocycles. The summed E-state index contributed by atoms with van der Waals surface area (Å²) in [4.78, 5) is 0. The number of benzene rings is 1. The smallest absolute Gasteiger partial charge is 0.166 e. The fourth-order valence-electron chi connectivity index (χ4n) is 1.77. The molecule has 0 fully saturated rings. The molecule has 1 aliphatic carbocycles. The van der Waals surface area contributed by atoms with Crippen molar-refractivity contribution >= 4 is 11.9 Å². The van der Waals surface area contributed by atoms with Crippen LogP contribution in [0.4, 0.5) is 0 Å². The van der Waals surface area contributed by atoms with E-state index in [-0.39, 0.29) is 5.75 Å². The van der Waals surface area contributed by atoms with Crippen molar-refractivity contribution in [2.24, 2.45) is 10.2 Å². The van der Waals surface area contributed by atoms with Gasteiger partial charge < -0.3 is 9.84 Å². The van der Waals surface area contributed by atoms with Crippen molar-refractivity contribution in [3.63, 3.8) is 0 Å². The summed E-state index contributed by atoms with van der Waals surface area (Å²) in [7, 11) is 1.51. The second kappa shape index (κ2) is 6.00. The molecule has 0 saturated carbocycles. The van der Waals surface area contributed by atoms with Gasteiger partial charge in [0.2, 0.25) is 0 Å². The van der Waals surface area contributed by atoms with E-state index in [4.69, 9.17) is 4.74 Å². The molecule has 19 heavy (non-hydrogen) atoms. The number of allylic oxidation sites excluding steroid dienone is 4. The maximum absolute atomic E-state index is 9.88. The molecule has 1 aromatic carbocycles. The number of hydrogen-bond donors (Lipinski definition) is 1. The van der Waals surface area contributed by atoms with Crippen molar-refractivity contribution in [3.8, 4) is 11.5 Å². The highest BCUT2D eigenvalue weighted by Crippen LogP contribution is 2.28. The fourth-order valence-corrected chi connectivity index (χ4v) is 1.77. The van der Waals surface area contributed by atoms with Gasteiger partial charge in [-0.15, -0.1) is 0 Å². The van der Waals surface area contributed by atoms with E-state index in [9.17, 15) is 5.11 Å². The van der Waals surface area contributed by atoms with Crippen molar-refractivity contribution in [1.29, 1.82) is 0 Å². The molecule has 0 spiro atoms. The second-order valence-electron chi connectivity index (χ2n) is 4.13. The van der Waals surface area contributed by atoms with Crippen LogP contribution in [0.25, 0.3) is 0 Å². The van der Waals surface area contributed by atoms with E-state index in [1.807, 2.05) is 13.0 Å². The highest BCUT2D eigenvalue weighted by Gasteiger charge is 2.04. The molecule has 0 aliphatic heterocycles. The summed E-state index contributed by atoms with van der Waals surface area (Å²) < 4.78 is 5.03. The lowest BCUT2D eigenvalue weighted by Crippen LogP contribution is -1.92. The van der Waals surface area contributed by atoms with E-state index in [1.165, 1.54) is 13.3 Å². The Morgan fingerprint density at radius 3 is 2.95 bits per heavy atom. The van der Waals surface area contributed by atoms with Crippen molar-refractivity contribution in [2.75, 3.05) is 7.11 Å². The Labute approximate surface area is 112 Å². The van der Waals surface area contributed by atoms with Crippen LogP contribution < -0.4 is 4.74 Å². The minimum absolute atomic E-state index is 0.0709. The molecule has 98 valence electrons. The summed E-state index contributed by atoms with van der Waals surface area (Å²) >= 11 is 0. The van der Waals surface area contributed by atoms with Gasteiger partial charge in [-0.25, -0.2) is 0 Å². The van der Waals surface area contributed by atoms with Crippen LogP contribution in [-0.4, -0.2) is 24.1 Å². The van der Waals surface area contributed by atoms with Crippen molar-refractivity contribution < 1.29 is 9.84 Å². The van der Waals surface area contributed by atoms with Crippen LogP contribution >= 0.6 is 0 Å². The third-order valence-electron chi connectivity index (χ3n) is 2.84. The van der Waals surface area contributed by atoms with Crippen LogP contribution in [0.5, 0.6) is 11.5 Å². The Balaban J connectivity index is 2.15. The second-order valence-corrected chi connectivity index (χ2v) is 4.13. The number of phenolic OH excluding ortho intramolecular Hbond substituents is 1. The largest absolute Gasteiger partial charge is 0.504 e. The number of methoxy groups -OCH3 is 1. The number of ether oxygens (including phenoxy) is 1. The summed E-state index contributed by atoms with van der Waals surface area (Å²) in [5.74, 6) is 0.493. The zero-order chi connectivity index (χ0) is 13.7. The first kappa shape index (κ1) is 13.1. The average molecular weight is 256 g/mol. The predicted molar refractivity (Wildman–Crippen MR) is 77.2 cm³/mol. The van der Waals surface area contributed by atoms with E-state index in [0.717, 1.165) is 17.7 Å². The molecule has 1 N–H and O–H groups in total. The van der Waals surface area contributed by atoms with Gasteiger partial charge in [0, 0.05) is 5.56 Å². The third kappa shape index (κ3) is 3.10. The molecular weight excluding hydrogens is 240 g/mol. The van der Waals surface area contributed by atoms with Crippen LogP contribution in [-0.2, 0) is 0 Å². The third-order valence-corrected chi connectivity index (χ3v) is 2.84. The summed E-state index contributed by atoms with van der Waals surface area (Å²) in [5, 5.41) is 18.0. The van der Waals surface area contributed by atoms with Gasteiger partial charge in [-0.1, -0.05) is 24.3 Å². The first-order valence-electron chi connectivity index (χ1n) is 6.03. The first-order valence-corrected chi connectivity index (χ1v) is 6.03. The van der Waals surface area contributed by atoms with Gasteiger partial charge in [-0.05, 0) is 31.1 Å². The maximum atomic E-state index is 9.88. The zero-order valence-corrected chi connectivity index (χ0v) is 11.0. The van der Waals surface area contributed by atoms with Gasteiger partial charge in [-0.2, -0.15) is 10.2 Å². The van der Waals surface area contributed by atoms with Gasteiger partial charge in [0.15, 0.2) is 11.5 Å². The lowest BCUT2D eigenvalue weighted by molar-refractivity contribution is 0.373. The van der Waals surface area contributed by atoms with Crippen molar-refractivity contribution in [1.82, 2.24) is 0 Å². The van der Waals surface area contributed by atoms with Crippen molar-refractivity contribution in [3.05, 3.63) is 47.6 Å². The molecule has 1 aliphatic rings. The molecule has 0 radical (unpaired) electrons. The lowest BCUT2D eigenvalue weighted by atomic mass is 10.2. The highest BCUT2D eigenvalue weighted by atomic mass is 16.5. The first-order chi connectivity index (χ1) is 9.22. The number of phenols is 1. The minimum Gasteiger partial charge on any atom is -0.504 e. The predicted octanol–water partition coefficient (Wildman–Crippen LogP) is 3.08. The van der Waals surface area contributed by atoms with Gasteiger partial charge in [0.25, 0.3) is 0 Å². The number of rotatable bonds is 4. The molecule has 0 bridgehead atoms. The maximum Gasteiger partial charge on any atom is 0.166 e. The van der Waals surface area contributed by atoms with E-state index < -0.39 is 0 Å². The average Bonchev–Trinajstić information content (AvgIpc) is 2.94. The number of hydrogen-bond acceptors (Lipinski definition) is 4. The minimum atomic E-state index is 0.0709. The number of aromatic hydroxyl groups is 1. The molecule has 0 aromatic heterocycles. The topological polar surface area (TPSA) is 54.2 Å². The Morgan fingerprint density at radius 2 is 2.26 bits per heavy atom. The molecule has 1 aromatic rings. The quantitative estimate of drug-likeness (QED) is 0.664. The normalized spacial score (nSPS) is 15.1. The van der Waals surface area contributed by atoms with Gasteiger partial charge in [0.1, 0.15) is 0 Å².